The van der Waals surface area contributed by atoms with E-state index < -0.39 is 11.0 Å². The minimum absolute atomic E-state index is 0.0675. The molecule has 1 unspecified atom stereocenters. The molecule has 106 valence electrons. The van der Waals surface area contributed by atoms with Gasteiger partial charge in [-0.1, -0.05) is 0 Å². The molecule has 1 saturated carbocycles. The number of aromatic nitrogens is 2. The quantitative estimate of drug-likeness (QED) is 0.530. The Kier molecular flexibility index (Phi) is 4.46. The molecular formula is C11H18N4O4. The van der Waals surface area contributed by atoms with Crippen molar-refractivity contribution >= 4 is 5.69 Å². The SMILES string of the molecule is COC1CC(NCC(O)Cn2cc([N+](=O)[O-])cn2)C1. The summed E-state index contributed by atoms with van der Waals surface area (Å²) in [4.78, 5) is 9.98. The molecule has 1 heterocycles. The molecule has 0 bridgehead atoms. The maximum absolute atomic E-state index is 10.5. The molecule has 0 amide bonds. The van der Waals surface area contributed by atoms with Gasteiger partial charge in [0.2, 0.25) is 0 Å². The van der Waals surface area contributed by atoms with Gasteiger partial charge in [-0.15, -0.1) is 0 Å². The van der Waals surface area contributed by atoms with Crippen molar-refractivity contribution in [2.24, 2.45) is 0 Å². The molecule has 1 aromatic heterocycles. The second-order valence-corrected chi connectivity index (χ2v) is 4.77. The van der Waals surface area contributed by atoms with Crippen LogP contribution in [0, 0.1) is 10.1 Å². The first-order valence-electron chi connectivity index (χ1n) is 6.19. The van der Waals surface area contributed by atoms with E-state index in [1.165, 1.54) is 17.1 Å². The van der Waals surface area contributed by atoms with Crippen LogP contribution in [-0.4, -0.2) is 51.7 Å². The highest BCUT2D eigenvalue weighted by Gasteiger charge is 2.28. The highest BCUT2D eigenvalue weighted by Crippen LogP contribution is 2.22. The minimum Gasteiger partial charge on any atom is -0.390 e. The summed E-state index contributed by atoms with van der Waals surface area (Å²) < 4.78 is 6.54. The molecule has 0 aliphatic heterocycles. The Labute approximate surface area is 110 Å². The third kappa shape index (κ3) is 3.72. The van der Waals surface area contributed by atoms with Crippen LogP contribution in [0.5, 0.6) is 0 Å². The molecule has 1 aromatic rings. The molecular weight excluding hydrogens is 252 g/mol. The Hall–Kier alpha value is -1.51. The number of nitrogens with one attached hydrogen (secondary N) is 1. The van der Waals surface area contributed by atoms with E-state index in [9.17, 15) is 15.2 Å². The fraction of sp³-hybridized carbons (Fsp3) is 0.727. The summed E-state index contributed by atoms with van der Waals surface area (Å²) in [7, 11) is 1.69. The van der Waals surface area contributed by atoms with Crippen LogP contribution in [0.25, 0.3) is 0 Å². The van der Waals surface area contributed by atoms with Crippen molar-refractivity contribution in [2.75, 3.05) is 13.7 Å². The number of hydrogen-bond acceptors (Lipinski definition) is 6. The Morgan fingerprint density at radius 1 is 1.74 bits per heavy atom. The number of rotatable bonds is 7. The van der Waals surface area contributed by atoms with Gasteiger partial charge in [-0.25, -0.2) is 0 Å². The summed E-state index contributed by atoms with van der Waals surface area (Å²) in [5.41, 5.74) is -0.0675. The number of nitro groups is 1. The molecule has 1 fully saturated rings. The molecule has 1 atom stereocenters. The summed E-state index contributed by atoms with van der Waals surface area (Å²) in [6.07, 6.45) is 4.10. The van der Waals surface area contributed by atoms with Gasteiger partial charge in [-0.05, 0) is 12.8 Å². The van der Waals surface area contributed by atoms with Crippen molar-refractivity contribution in [3.05, 3.63) is 22.5 Å². The molecule has 8 nitrogen and oxygen atoms in total. The second-order valence-electron chi connectivity index (χ2n) is 4.77. The average molecular weight is 270 g/mol. The lowest BCUT2D eigenvalue weighted by Gasteiger charge is -2.35. The van der Waals surface area contributed by atoms with Crippen molar-refractivity contribution in [3.8, 4) is 0 Å². The normalized spacial score (nSPS) is 23.9. The Morgan fingerprint density at radius 2 is 2.47 bits per heavy atom. The highest BCUT2D eigenvalue weighted by atomic mass is 16.6. The van der Waals surface area contributed by atoms with E-state index in [0.717, 1.165) is 12.8 Å². The molecule has 8 heteroatoms. The van der Waals surface area contributed by atoms with E-state index in [2.05, 4.69) is 10.4 Å². The van der Waals surface area contributed by atoms with Gasteiger partial charge in [0, 0.05) is 19.7 Å². The zero-order valence-corrected chi connectivity index (χ0v) is 10.7. The molecule has 0 spiro atoms. The summed E-state index contributed by atoms with van der Waals surface area (Å²) >= 11 is 0. The van der Waals surface area contributed by atoms with Gasteiger partial charge in [-0.2, -0.15) is 5.10 Å². The molecule has 0 saturated heterocycles. The highest BCUT2D eigenvalue weighted by molar-refractivity contribution is 5.20. The van der Waals surface area contributed by atoms with Crippen molar-refractivity contribution in [3.63, 3.8) is 0 Å². The first-order valence-corrected chi connectivity index (χ1v) is 6.19. The van der Waals surface area contributed by atoms with Gasteiger partial charge in [0.15, 0.2) is 0 Å². The molecule has 1 aliphatic rings. The van der Waals surface area contributed by atoms with Gasteiger partial charge < -0.3 is 15.2 Å². The van der Waals surface area contributed by atoms with Gasteiger partial charge in [0.1, 0.15) is 12.4 Å². The summed E-state index contributed by atoms with van der Waals surface area (Å²) in [5, 5.41) is 27.4. The molecule has 1 aliphatic carbocycles. The molecule has 0 aromatic carbocycles. The fourth-order valence-corrected chi connectivity index (χ4v) is 2.05. The van der Waals surface area contributed by atoms with Crippen molar-refractivity contribution in [1.82, 2.24) is 15.1 Å². The van der Waals surface area contributed by atoms with Crippen LogP contribution in [0.2, 0.25) is 0 Å². The van der Waals surface area contributed by atoms with Crippen molar-refractivity contribution in [1.29, 1.82) is 0 Å². The first kappa shape index (κ1) is 13.9. The zero-order valence-electron chi connectivity index (χ0n) is 10.7. The smallest absolute Gasteiger partial charge is 0.306 e. The minimum atomic E-state index is -0.624. The average Bonchev–Trinajstić information content (AvgIpc) is 2.76. The van der Waals surface area contributed by atoms with E-state index in [1.807, 2.05) is 0 Å². The second kappa shape index (κ2) is 6.09. The lowest BCUT2D eigenvalue weighted by atomic mass is 9.89. The molecule has 19 heavy (non-hydrogen) atoms. The lowest BCUT2D eigenvalue weighted by molar-refractivity contribution is -0.385. The van der Waals surface area contributed by atoms with Gasteiger partial charge >= 0.3 is 5.69 Å². The topological polar surface area (TPSA) is 102 Å². The van der Waals surface area contributed by atoms with E-state index in [1.54, 1.807) is 7.11 Å². The van der Waals surface area contributed by atoms with Crippen molar-refractivity contribution in [2.45, 2.75) is 37.6 Å². The van der Waals surface area contributed by atoms with E-state index in [0.29, 0.717) is 18.7 Å². The monoisotopic (exact) mass is 270 g/mol. The van der Waals surface area contributed by atoms with Crippen molar-refractivity contribution < 1.29 is 14.8 Å². The predicted molar refractivity (Wildman–Crippen MR) is 66.7 cm³/mol. The lowest BCUT2D eigenvalue weighted by Crippen LogP contribution is -2.47. The Morgan fingerprint density at radius 3 is 3.05 bits per heavy atom. The van der Waals surface area contributed by atoms with Crippen LogP contribution >= 0.6 is 0 Å². The summed E-state index contributed by atoms with van der Waals surface area (Å²) in [6, 6.07) is 0.381. The molecule has 0 radical (unpaired) electrons. The van der Waals surface area contributed by atoms with E-state index in [4.69, 9.17) is 4.74 Å². The van der Waals surface area contributed by atoms with Crippen LogP contribution in [-0.2, 0) is 11.3 Å². The Balaban J connectivity index is 1.69. The largest absolute Gasteiger partial charge is 0.390 e. The van der Waals surface area contributed by atoms with Crippen LogP contribution in [0.15, 0.2) is 12.4 Å². The molecule has 2 rings (SSSR count). The van der Waals surface area contributed by atoms with Crippen LogP contribution in [0.1, 0.15) is 12.8 Å². The van der Waals surface area contributed by atoms with E-state index in [-0.39, 0.29) is 12.2 Å². The maximum atomic E-state index is 10.5. The molecule has 2 N–H and O–H groups in total. The number of aliphatic hydroxyl groups excluding tert-OH is 1. The third-order valence-electron chi connectivity index (χ3n) is 3.30. The van der Waals surface area contributed by atoms with Crippen LogP contribution in [0.3, 0.4) is 0 Å². The number of ether oxygens (including phenoxy) is 1. The van der Waals surface area contributed by atoms with Gasteiger partial charge in [0.25, 0.3) is 0 Å². The maximum Gasteiger partial charge on any atom is 0.306 e. The zero-order chi connectivity index (χ0) is 13.8. The fourth-order valence-electron chi connectivity index (χ4n) is 2.05. The number of hydrogen-bond donors (Lipinski definition) is 2. The third-order valence-corrected chi connectivity index (χ3v) is 3.30. The predicted octanol–water partition coefficient (Wildman–Crippen LogP) is -0.0808. The summed E-state index contributed by atoms with van der Waals surface area (Å²) in [5.74, 6) is 0. The number of aliphatic hydroxyl groups is 1. The van der Waals surface area contributed by atoms with E-state index >= 15 is 0 Å². The van der Waals surface area contributed by atoms with Gasteiger partial charge in [0.05, 0.1) is 23.7 Å². The van der Waals surface area contributed by atoms with Crippen LogP contribution in [0.4, 0.5) is 5.69 Å². The summed E-state index contributed by atoms with van der Waals surface area (Å²) in [6.45, 7) is 0.677. The van der Waals surface area contributed by atoms with Gasteiger partial charge in [-0.3, -0.25) is 14.8 Å². The standard InChI is InChI=1S/C11H18N4O4/c1-19-11-2-8(3-11)12-5-10(16)7-14-6-9(4-13-14)15(17)18/h4,6,8,10-12,16H,2-3,5,7H2,1H3. The number of methoxy groups -OCH3 is 1. The number of nitrogens with zero attached hydrogens (tertiary/aromatic N) is 3. The Bertz CT molecular complexity index is 430. The first-order chi connectivity index (χ1) is 9.08. The van der Waals surface area contributed by atoms with Crippen LogP contribution < -0.4 is 5.32 Å².